The van der Waals surface area contributed by atoms with Gasteiger partial charge in [0.1, 0.15) is 0 Å². The molecule has 5 rings (SSSR count). The van der Waals surface area contributed by atoms with Crippen molar-refractivity contribution in [3.63, 3.8) is 0 Å². The zero-order valence-electron chi connectivity index (χ0n) is 20.7. The molecule has 0 bridgehead atoms. The van der Waals surface area contributed by atoms with E-state index in [0.29, 0.717) is 27.1 Å². The molecule has 38 heavy (non-hydrogen) atoms. The third kappa shape index (κ3) is 4.77. The van der Waals surface area contributed by atoms with Crippen LogP contribution in [0.1, 0.15) is 16.7 Å². The number of halogens is 1. The lowest BCUT2D eigenvalue weighted by atomic mass is 10.1. The molecule has 6 nitrogen and oxygen atoms in total. The zero-order chi connectivity index (χ0) is 27.1. The molecule has 0 spiro atoms. The number of rotatable bonds is 6. The Labute approximate surface area is 232 Å². The van der Waals surface area contributed by atoms with E-state index in [1.165, 1.54) is 8.61 Å². The van der Waals surface area contributed by atoms with E-state index in [0.717, 1.165) is 11.1 Å². The summed E-state index contributed by atoms with van der Waals surface area (Å²) < 4.78 is 58.9. The molecular formula is C29H25BrN2O4S2. The lowest BCUT2D eigenvalue weighted by Gasteiger charge is -2.35. The molecule has 0 fully saturated rings. The highest BCUT2D eigenvalue weighted by Crippen LogP contribution is 2.42. The summed E-state index contributed by atoms with van der Waals surface area (Å²) >= 11 is 3.49. The van der Waals surface area contributed by atoms with E-state index >= 15 is 0 Å². The molecular weight excluding hydrogens is 584 g/mol. The molecule has 1 heterocycles. The van der Waals surface area contributed by atoms with Crippen LogP contribution in [0, 0.1) is 13.8 Å². The van der Waals surface area contributed by atoms with Crippen molar-refractivity contribution in [2.75, 3.05) is 15.2 Å². The maximum atomic E-state index is 14.1. The molecule has 194 valence electrons. The van der Waals surface area contributed by atoms with Crippen LogP contribution in [0.2, 0.25) is 0 Å². The van der Waals surface area contributed by atoms with Gasteiger partial charge in [0, 0.05) is 10.0 Å². The Morgan fingerprint density at radius 1 is 0.737 bits per heavy atom. The molecule has 0 saturated heterocycles. The second kappa shape index (κ2) is 10.1. The van der Waals surface area contributed by atoms with Crippen LogP contribution >= 0.6 is 15.9 Å². The second-order valence-electron chi connectivity index (χ2n) is 9.02. The Kier molecular flexibility index (Phi) is 6.94. The Balaban J connectivity index is 1.69. The van der Waals surface area contributed by atoms with Gasteiger partial charge in [0.15, 0.2) is 0 Å². The first-order valence-corrected chi connectivity index (χ1v) is 15.5. The number of para-hydroxylation sites is 1. The van der Waals surface area contributed by atoms with Crippen molar-refractivity contribution in [3.05, 3.63) is 124 Å². The van der Waals surface area contributed by atoms with Gasteiger partial charge in [-0.05, 0) is 74.5 Å². The number of hydrogen-bond donors (Lipinski definition) is 0. The molecule has 0 amide bonds. The Bertz CT molecular complexity index is 1740. The van der Waals surface area contributed by atoms with Crippen molar-refractivity contribution < 1.29 is 16.8 Å². The van der Waals surface area contributed by atoms with Gasteiger partial charge in [-0.1, -0.05) is 69.5 Å². The van der Waals surface area contributed by atoms with Crippen LogP contribution in [-0.4, -0.2) is 23.4 Å². The summed E-state index contributed by atoms with van der Waals surface area (Å²) in [5, 5.41) is 0. The second-order valence-corrected chi connectivity index (χ2v) is 13.6. The molecule has 0 N–H and O–H groups in total. The predicted octanol–water partition coefficient (Wildman–Crippen LogP) is 6.51. The van der Waals surface area contributed by atoms with Gasteiger partial charge in [-0.3, -0.25) is 4.31 Å². The van der Waals surface area contributed by atoms with Gasteiger partial charge in [-0.15, -0.1) is 0 Å². The van der Waals surface area contributed by atoms with Crippen LogP contribution in [0.25, 0.3) is 5.70 Å². The van der Waals surface area contributed by atoms with Crippen molar-refractivity contribution >= 4 is 53.0 Å². The van der Waals surface area contributed by atoms with E-state index in [9.17, 15) is 16.8 Å². The molecule has 0 saturated carbocycles. The van der Waals surface area contributed by atoms with Gasteiger partial charge in [-0.25, -0.2) is 21.1 Å². The smallest absolute Gasteiger partial charge is 0.262 e. The van der Waals surface area contributed by atoms with Crippen LogP contribution in [0.15, 0.2) is 117 Å². The van der Waals surface area contributed by atoms with Crippen LogP contribution in [0.5, 0.6) is 0 Å². The van der Waals surface area contributed by atoms with Gasteiger partial charge in [-0.2, -0.15) is 0 Å². The van der Waals surface area contributed by atoms with Crippen LogP contribution in [-0.2, 0) is 20.0 Å². The van der Waals surface area contributed by atoms with Crippen molar-refractivity contribution in [2.45, 2.75) is 23.6 Å². The fourth-order valence-electron chi connectivity index (χ4n) is 4.35. The number of fused-ring (bicyclic) bond motifs is 1. The average Bonchev–Trinajstić information content (AvgIpc) is 2.90. The highest BCUT2D eigenvalue weighted by Gasteiger charge is 2.36. The molecule has 4 aromatic carbocycles. The molecule has 9 heteroatoms. The maximum absolute atomic E-state index is 14.1. The zero-order valence-corrected chi connectivity index (χ0v) is 24.0. The van der Waals surface area contributed by atoms with Crippen molar-refractivity contribution in [3.8, 4) is 0 Å². The first-order chi connectivity index (χ1) is 18.1. The Morgan fingerprint density at radius 3 is 1.92 bits per heavy atom. The fourth-order valence-corrected chi connectivity index (χ4v) is 7.66. The summed E-state index contributed by atoms with van der Waals surface area (Å²) in [5.41, 5.74) is 3.59. The summed E-state index contributed by atoms with van der Waals surface area (Å²) in [6.07, 6.45) is 1.65. The predicted molar refractivity (Wildman–Crippen MR) is 155 cm³/mol. The normalized spacial score (nSPS) is 13.6. The van der Waals surface area contributed by atoms with Gasteiger partial charge in [0.05, 0.1) is 33.4 Å². The minimum absolute atomic E-state index is 0.0348. The third-order valence-corrected chi connectivity index (χ3v) is 10.4. The van der Waals surface area contributed by atoms with Gasteiger partial charge >= 0.3 is 0 Å². The lowest BCUT2D eigenvalue weighted by Crippen LogP contribution is -2.37. The van der Waals surface area contributed by atoms with Crippen LogP contribution in [0.4, 0.5) is 11.4 Å². The molecule has 0 unspecified atom stereocenters. The van der Waals surface area contributed by atoms with E-state index in [-0.39, 0.29) is 16.3 Å². The standard InChI is InChI=1S/C29H25BrN2O4S2/c1-21-8-13-25(14-9-21)37(33,34)31-19-18-29(27-20-23(30)12-17-28(27)31)32(24-6-4-3-5-7-24)38(35,36)26-15-10-22(2)11-16-26/h3-18,20H,19H2,1-2H3. The topological polar surface area (TPSA) is 74.8 Å². The van der Waals surface area contributed by atoms with Crippen LogP contribution < -0.4 is 8.61 Å². The summed E-state index contributed by atoms with van der Waals surface area (Å²) in [4.78, 5) is 0.306. The molecule has 1 aliphatic heterocycles. The van der Waals surface area contributed by atoms with E-state index in [1.807, 2.05) is 19.9 Å². The number of nitrogens with zero attached hydrogens (tertiary/aromatic N) is 2. The SMILES string of the molecule is Cc1ccc(S(=O)(=O)N2CC=C(N(c3ccccc3)S(=O)(=O)c3ccc(C)cc3)c3cc(Br)ccc32)cc1. The quantitative estimate of drug-likeness (QED) is 0.250. The number of hydrogen-bond acceptors (Lipinski definition) is 4. The van der Waals surface area contributed by atoms with Crippen molar-refractivity contribution in [2.24, 2.45) is 0 Å². The molecule has 4 aromatic rings. The van der Waals surface area contributed by atoms with E-state index in [4.69, 9.17) is 0 Å². The first-order valence-electron chi connectivity index (χ1n) is 11.9. The number of aryl methyl sites for hydroxylation is 2. The van der Waals surface area contributed by atoms with Crippen LogP contribution in [0.3, 0.4) is 0 Å². The molecule has 0 aromatic heterocycles. The minimum Gasteiger partial charge on any atom is -0.262 e. The fraction of sp³-hybridized carbons (Fsp3) is 0.103. The summed E-state index contributed by atoms with van der Waals surface area (Å²) in [6, 6.07) is 27.4. The molecule has 0 atom stereocenters. The van der Waals surface area contributed by atoms with Gasteiger partial charge in [0.2, 0.25) is 0 Å². The maximum Gasteiger partial charge on any atom is 0.268 e. The minimum atomic E-state index is -4.05. The Hall–Kier alpha value is -3.40. The monoisotopic (exact) mass is 608 g/mol. The number of sulfonamides is 2. The third-order valence-electron chi connectivity index (χ3n) is 6.33. The molecule has 0 aliphatic carbocycles. The summed E-state index contributed by atoms with van der Waals surface area (Å²) in [6.45, 7) is 3.75. The van der Waals surface area contributed by atoms with E-state index in [2.05, 4.69) is 15.9 Å². The van der Waals surface area contributed by atoms with Crippen molar-refractivity contribution in [1.29, 1.82) is 0 Å². The molecule has 1 aliphatic rings. The summed E-state index contributed by atoms with van der Waals surface area (Å²) in [5.74, 6) is 0. The first kappa shape index (κ1) is 26.2. The van der Waals surface area contributed by atoms with Crippen molar-refractivity contribution in [1.82, 2.24) is 0 Å². The average molecular weight is 610 g/mol. The number of benzene rings is 4. The largest absolute Gasteiger partial charge is 0.268 e. The van der Waals surface area contributed by atoms with E-state index < -0.39 is 20.0 Å². The van der Waals surface area contributed by atoms with Gasteiger partial charge < -0.3 is 0 Å². The lowest BCUT2D eigenvalue weighted by molar-refractivity contribution is 0.592. The highest BCUT2D eigenvalue weighted by molar-refractivity contribution is 9.10. The molecule has 0 radical (unpaired) electrons. The summed E-state index contributed by atoms with van der Waals surface area (Å²) in [7, 11) is -7.96. The Morgan fingerprint density at radius 2 is 1.32 bits per heavy atom. The highest BCUT2D eigenvalue weighted by atomic mass is 79.9. The van der Waals surface area contributed by atoms with Gasteiger partial charge in [0.25, 0.3) is 20.0 Å². The van der Waals surface area contributed by atoms with E-state index in [1.54, 1.807) is 97.1 Å². The number of anilines is 2.